The molecule has 0 aliphatic carbocycles. The molecule has 0 aliphatic heterocycles. The highest BCUT2D eigenvalue weighted by Gasteiger charge is 2.15. The summed E-state index contributed by atoms with van der Waals surface area (Å²) in [7, 11) is 0. The predicted octanol–water partition coefficient (Wildman–Crippen LogP) is 0.168. The van der Waals surface area contributed by atoms with E-state index in [0.717, 1.165) is 4.57 Å². The smallest absolute Gasteiger partial charge is 0.331 e. The highest BCUT2D eigenvalue weighted by atomic mass is 16.2. The third kappa shape index (κ3) is 3.84. The Kier molecular flexibility index (Phi) is 6.32. The second kappa shape index (κ2) is 8.46. The van der Waals surface area contributed by atoms with Gasteiger partial charge < -0.3 is 10.2 Å². The van der Waals surface area contributed by atoms with Gasteiger partial charge in [-0.3, -0.25) is 23.5 Å². The van der Waals surface area contributed by atoms with Gasteiger partial charge in [0.05, 0.1) is 17.4 Å². The van der Waals surface area contributed by atoms with Crippen molar-refractivity contribution < 1.29 is 9.59 Å². The van der Waals surface area contributed by atoms with Gasteiger partial charge in [0, 0.05) is 19.6 Å². The van der Waals surface area contributed by atoms with Crippen molar-refractivity contribution in [3.8, 4) is 0 Å². The maximum Gasteiger partial charge on any atom is 0.331 e. The van der Waals surface area contributed by atoms with Crippen molar-refractivity contribution >= 4 is 22.7 Å². The largest absolute Gasteiger partial charge is 0.345 e. The average molecular weight is 360 g/mol. The first-order valence-electron chi connectivity index (χ1n) is 8.71. The van der Waals surface area contributed by atoms with E-state index in [1.54, 1.807) is 36.1 Å². The average Bonchev–Trinajstić information content (AvgIpc) is 2.65. The highest BCUT2D eigenvalue weighted by molar-refractivity contribution is 5.86. The summed E-state index contributed by atoms with van der Waals surface area (Å²) in [5.41, 5.74) is -0.514. The number of carbonyl (C=O) groups excluding carboxylic acids is 2. The summed E-state index contributed by atoms with van der Waals surface area (Å²) < 4.78 is 2.36. The fourth-order valence-corrected chi connectivity index (χ4v) is 2.86. The fraction of sp³-hybridized carbons (Fsp3) is 0.444. The Morgan fingerprint density at radius 2 is 1.69 bits per heavy atom. The summed E-state index contributed by atoms with van der Waals surface area (Å²) in [6.07, 6.45) is 0. The maximum atomic E-state index is 12.6. The van der Waals surface area contributed by atoms with Crippen LogP contribution in [-0.2, 0) is 22.7 Å². The van der Waals surface area contributed by atoms with Crippen molar-refractivity contribution in [2.45, 2.75) is 33.9 Å². The number of hydrogen-bond acceptors (Lipinski definition) is 4. The molecule has 140 valence electrons. The molecule has 26 heavy (non-hydrogen) atoms. The third-order valence-corrected chi connectivity index (χ3v) is 4.30. The molecule has 8 nitrogen and oxygen atoms in total. The van der Waals surface area contributed by atoms with Gasteiger partial charge in [0.15, 0.2) is 0 Å². The van der Waals surface area contributed by atoms with Gasteiger partial charge in [0.1, 0.15) is 6.54 Å². The zero-order chi connectivity index (χ0) is 19.3. The van der Waals surface area contributed by atoms with E-state index in [0.29, 0.717) is 24.0 Å². The number of benzene rings is 1. The topological polar surface area (TPSA) is 93.4 Å². The van der Waals surface area contributed by atoms with Crippen molar-refractivity contribution in [3.63, 3.8) is 0 Å². The molecule has 0 aliphatic rings. The van der Waals surface area contributed by atoms with Gasteiger partial charge in [0.25, 0.3) is 5.56 Å². The number of nitrogens with one attached hydrogen (secondary N) is 1. The molecule has 0 spiro atoms. The minimum Gasteiger partial charge on any atom is -0.345 e. The van der Waals surface area contributed by atoms with Crippen LogP contribution in [-0.4, -0.2) is 45.5 Å². The van der Waals surface area contributed by atoms with E-state index in [2.05, 4.69) is 5.32 Å². The van der Waals surface area contributed by atoms with E-state index in [1.165, 1.54) is 4.57 Å². The van der Waals surface area contributed by atoms with Crippen LogP contribution in [0.25, 0.3) is 10.9 Å². The van der Waals surface area contributed by atoms with Crippen LogP contribution >= 0.6 is 0 Å². The van der Waals surface area contributed by atoms with Crippen LogP contribution in [0.3, 0.4) is 0 Å². The number of carbonyl (C=O) groups is 2. The molecule has 0 saturated carbocycles. The minimum absolute atomic E-state index is 0.124. The molecule has 2 aromatic rings. The molecule has 2 amide bonds. The first kappa shape index (κ1) is 19.4. The van der Waals surface area contributed by atoms with Crippen LogP contribution in [0.15, 0.2) is 33.9 Å². The van der Waals surface area contributed by atoms with Gasteiger partial charge in [-0.2, -0.15) is 0 Å². The normalized spacial score (nSPS) is 10.7. The Morgan fingerprint density at radius 1 is 1.04 bits per heavy atom. The molecule has 0 unspecified atom stereocenters. The lowest BCUT2D eigenvalue weighted by Crippen LogP contribution is -2.44. The summed E-state index contributed by atoms with van der Waals surface area (Å²) in [5, 5.41) is 2.92. The molecule has 1 aromatic heterocycles. The van der Waals surface area contributed by atoms with Crippen molar-refractivity contribution in [1.82, 2.24) is 19.4 Å². The summed E-state index contributed by atoms with van der Waals surface area (Å²) >= 11 is 0. The number of likely N-dealkylation sites (N-methyl/N-ethyl adjacent to an activating group) is 1. The molecule has 2 rings (SSSR count). The number of para-hydroxylation sites is 1. The van der Waals surface area contributed by atoms with Crippen LogP contribution in [0.5, 0.6) is 0 Å². The lowest BCUT2D eigenvalue weighted by molar-refractivity contribution is -0.132. The molecular formula is C18H24N4O4. The quantitative estimate of drug-likeness (QED) is 0.762. The molecule has 0 fully saturated rings. The molecule has 1 N–H and O–H groups in total. The molecule has 1 heterocycles. The van der Waals surface area contributed by atoms with E-state index in [4.69, 9.17) is 0 Å². The Balaban J connectivity index is 2.28. The van der Waals surface area contributed by atoms with Gasteiger partial charge in [-0.15, -0.1) is 0 Å². The summed E-state index contributed by atoms with van der Waals surface area (Å²) in [4.78, 5) is 50.8. The SMILES string of the molecule is CCN(CC)C(=O)CNC(=O)Cn1c(=O)n(CC)c(=O)c2ccccc21. The van der Waals surface area contributed by atoms with Gasteiger partial charge in [-0.1, -0.05) is 12.1 Å². The standard InChI is InChI=1S/C18H24N4O4/c1-4-20(5-2)16(24)11-19-15(23)12-22-14-10-8-7-9-13(14)17(25)21(6-3)18(22)26/h7-10H,4-6,11-12H2,1-3H3,(H,19,23). The van der Waals surface area contributed by atoms with Crippen LogP contribution in [0, 0.1) is 0 Å². The number of rotatable bonds is 7. The molecule has 0 bridgehead atoms. The monoisotopic (exact) mass is 360 g/mol. The summed E-state index contributed by atoms with van der Waals surface area (Å²) in [5.74, 6) is -0.641. The van der Waals surface area contributed by atoms with E-state index < -0.39 is 11.6 Å². The Hall–Kier alpha value is -2.90. The Bertz CT molecular complexity index is 925. The Morgan fingerprint density at radius 3 is 2.31 bits per heavy atom. The predicted molar refractivity (Wildman–Crippen MR) is 99.1 cm³/mol. The van der Waals surface area contributed by atoms with Crippen LogP contribution < -0.4 is 16.6 Å². The molecule has 1 aromatic carbocycles. The molecule has 0 saturated heterocycles. The number of hydrogen-bond donors (Lipinski definition) is 1. The van der Waals surface area contributed by atoms with Gasteiger partial charge in [-0.05, 0) is 32.9 Å². The van der Waals surface area contributed by atoms with Crippen LogP contribution in [0.4, 0.5) is 0 Å². The number of fused-ring (bicyclic) bond motifs is 1. The van der Waals surface area contributed by atoms with Crippen molar-refractivity contribution in [2.75, 3.05) is 19.6 Å². The van der Waals surface area contributed by atoms with Gasteiger partial charge >= 0.3 is 5.69 Å². The molecule has 8 heteroatoms. The zero-order valence-electron chi connectivity index (χ0n) is 15.3. The van der Waals surface area contributed by atoms with E-state index in [9.17, 15) is 19.2 Å². The fourth-order valence-electron chi connectivity index (χ4n) is 2.86. The lowest BCUT2D eigenvalue weighted by Gasteiger charge is -2.19. The zero-order valence-corrected chi connectivity index (χ0v) is 15.3. The van der Waals surface area contributed by atoms with Gasteiger partial charge in [-0.25, -0.2) is 4.79 Å². The number of nitrogens with zero attached hydrogens (tertiary/aromatic N) is 3. The van der Waals surface area contributed by atoms with Crippen LogP contribution in [0.2, 0.25) is 0 Å². The molecular weight excluding hydrogens is 336 g/mol. The molecule has 0 radical (unpaired) electrons. The third-order valence-electron chi connectivity index (χ3n) is 4.30. The van der Waals surface area contributed by atoms with E-state index in [-0.39, 0.29) is 31.1 Å². The lowest BCUT2D eigenvalue weighted by atomic mass is 10.2. The number of aromatic nitrogens is 2. The summed E-state index contributed by atoms with van der Waals surface area (Å²) in [6.45, 7) is 6.39. The Labute approximate surface area is 151 Å². The second-order valence-corrected chi connectivity index (χ2v) is 5.78. The van der Waals surface area contributed by atoms with Crippen molar-refractivity contribution in [2.24, 2.45) is 0 Å². The van der Waals surface area contributed by atoms with E-state index in [1.807, 2.05) is 13.8 Å². The van der Waals surface area contributed by atoms with Crippen molar-refractivity contribution in [3.05, 3.63) is 45.1 Å². The van der Waals surface area contributed by atoms with Crippen LogP contribution in [0.1, 0.15) is 20.8 Å². The summed E-state index contributed by atoms with van der Waals surface area (Å²) in [6, 6.07) is 6.67. The first-order valence-corrected chi connectivity index (χ1v) is 8.71. The van der Waals surface area contributed by atoms with Gasteiger partial charge in [0.2, 0.25) is 11.8 Å². The first-order chi connectivity index (χ1) is 12.4. The molecule has 0 atom stereocenters. The number of amides is 2. The van der Waals surface area contributed by atoms with E-state index >= 15 is 0 Å². The maximum absolute atomic E-state index is 12.6. The second-order valence-electron chi connectivity index (χ2n) is 5.78. The highest BCUT2D eigenvalue weighted by Crippen LogP contribution is 2.07. The van der Waals surface area contributed by atoms with Crippen molar-refractivity contribution in [1.29, 1.82) is 0 Å². The minimum atomic E-state index is -0.540.